The lowest BCUT2D eigenvalue weighted by atomic mass is 10.0. The summed E-state index contributed by atoms with van der Waals surface area (Å²) in [5.74, 6) is -0.196. The molecular formula is C21H34Cl2N2O3. The van der Waals surface area contributed by atoms with E-state index in [4.69, 9.17) is 9.47 Å². The number of hydrogen-bond donors (Lipinski definition) is 0. The van der Waals surface area contributed by atoms with Gasteiger partial charge in [-0.25, -0.2) is 4.79 Å². The molecule has 160 valence electrons. The average Bonchev–Trinajstić information content (AvgIpc) is 2.69. The lowest BCUT2D eigenvalue weighted by molar-refractivity contribution is -0.152. The highest BCUT2D eigenvalue weighted by atomic mass is 35.5. The van der Waals surface area contributed by atoms with Crippen molar-refractivity contribution < 1.29 is 14.3 Å². The smallest absolute Gasteiger partial charge is 0.328 e. The van der Waals surface area contributed by atoms with Crippen molar-refractivity contribution in [3.05, 3.63) is 48.0 Å². The zero-order valence-electron chi connectivity index (χ0n) is 16.9. The Kier molecular flexibility index (Phi) is 15.1. The van der Waals surface area contributed by atoms with Gasteiger partial charge in [0.05, 0.1) is 13.2 Å². The Labute approximate surface area is 181 Å². The average molecular weight is 433 g/mol. The van der Waals surface area contributed by atoms with Crippen molar-refractivity contribution >= 4 is 30.8 Å². The van der Waals surface area contributed by atoms with Crippen molar-refractivity contribution in [2.75, 3.05) is 52.5 Å². The van der Waals surface area contributed by atoms with E-state index in [2.05, 4.69) is 35.8 Å². The highest BCUT2D eigenvalue weighted by molar-refractivity contribution is 5.85. The fraction of sp³-hybridized carbons (Fsp3) is 0.571. The Morgan fingerprint density at radius 1 is 1.07 bits per heavy atom. The van der Waals surface area contributed by atoms with Crippen molar-refractivity contribution in [1.29, 1.82) is 0 Å². The predicted molar refractivity (Wildman–Crippen MR) is 119 cm³/mol. The number of benzene rings is 1. The third kappa shape index (κ3) is 8.93. The van der Waals surface area contributed by atoms with Crippen LogP contribution in [0.15, 0.2) is 42.5 Å². The summed E-state index contributed by atoms with van der Waals surface area (Å²) in [6.07, 6.45) is 5.24. The first-order valence-corrected chi connectivity index (χ1v) is 9.67. The fourth-order valence-electron chi connectivity index (χ4n) is 3.14. The summed E-state index contributed by atoms with van der Waals surface area (Å²) in [7, 11) is 0. The van der Waals surface area contributed by atoms with Gasteiger partial charge in [0.1, 0.15) is 12.6 Å². The zero-order valence-corrected chi connectivity index (χ0v) is 18.6. The number of ether oxygens (including phenoxy) is 2. The maximum absolute atomic E-state index is 12.7. The van der Waals surface area contributed by atoms with Crippen molar-refractivity contribution in [2.45, 2.75) is 26.3 Å². The second-order valence-corrected chi connectivity index (χ2v) is 6.37. The first-order chi connectivity index (χ1) is 12.8. The Bertz CT molecular complexity index is 554. The van der Waals surface area contributed by atoms with Gasteiger partial charge in [-0.1, -0.05) is 56.3 Å². The van der Waals surface area contributed by atoms with E-state index in [-0.39, 0.29) is 36.8 Å². The van der Waals surface area contributed by atoms with Gasteiger partial charge in [0, 0.05) is 19.6 Å². The Hall–Kier alpha value is -1.11. The zero-order chi connectivity index (χ0) is 18.6. The first-order valence-electron chi connectivity index (χ1n) is 9.67. The molecule has 0 amide bonds. The van der Waals surface area contributed by atoms with E-state index in [1.54, 1.807) is 0 Å². The Balaban J connectivity index is 0.00000364. The standard InChI is InChI=1S/C21H32N2O3.2ClH/c1-3-22(4-2)15-16-25-17-18-26-21(24)20(19-11-7-5-8-12-19)23-13-9-6-10-14-23;;/h5-9,11-12,20H,3-4,10,13-18H2,1-2H3;2*1H. The number of hydrogen-bond acceptors (Lipinski definition) is 5. The van der Waals surface area contributed by atoms with E-state index in [0.717, 1.165) is 44.7 Å². The molecule has 1 aromatic rings. The number of esters is 1. The van der Waals surface area contributed by atoms with Gasteiger partial charge in [0.15, 0.2) is 0 Å². The summed E-state index contributed by atoms with van der Waals surface area (Å²) in [5, 5.41) is 0. The third-order valence-electron chi connectivity index (χ3n) is 4.71. The van der Waals surface area contributed by atoms with Crippen LogP contribution in [0, 0.1) is 0 Å². The minimum absolute atomic E-state index is 0. The van der Waals surface area contributed by atoms with Gasteiger partial charge < -0.3 is 14.4 Å². The van der Waals surface area contributed by atoms with Crippen LogP contribution in [-0.2, 0) is 14.3 Å². The van der Waals surface area contributed by atoms with Crippen molar-refractivity contribution in [2.24, 2.45) is 0 Å². The number of likely N-dealkylation sites (N-methyl/N-ethyl adjacent to an activating group) is 1. The molecule has 0 N–H and O–H groups in total. The fourth-order valence-corrected chi connectivity index (χ4v) is 3.14. The van der Waals surface area contributed by atoms with Gasteiger partial charge in [-0.2, -0.15) is 0 Å². The van der Waals surface area contributed by atoms with Crippen LogP contribution in [0.5, 0.6) is 0 Å². The van der Waals surface area contributed by atoms with Gasteiger partial charge in [-0.3, -0.25) is 4.90 Å². The molecule has 0 radical (unpaired) electrons. The largest absolute Gasteiger partial charge is 0.462 e. The van der Waals surface area contributed by atoms with E-state index in [1.165, 1.54) is 0 Å². The Morgan fingerprint density at radius 3 is 2.39 bits per heavy atom. The summed E-state index contributed by atoms with van der Waals surface area (Å²) in [6.45, 7) is 10.3. The van der Waals surface area contributed by atoms with Crippen LogP contribution < -0.4 is 0 Å². The predicted octanol–water partition coefficient (Wildman–Crippen LogP) is 3.73. The van der Waals surface area contributed by atoms with Crippen molar-refractivity contribution in [3.8, 4) is 0 Å². The monoisotopic (exact) mass is 432 g/mol. The van der Waals surface area contributed by atoms with E-state index in [1.807, 2.05) is 30.3 Å². The lowest BCUT2D eigenvalue weighted by Gasteiger charge is -2.31. The summed E-state index contributed by atoms with van der Waals surface area (Å²) < 4.78 is 11.1. The molecule has 0 spiro atoms. The number of nitrogens with zero attached hydrogens (tertiary/aromatic N) is 2. The molecule has 0 aliphatic carbocycles. The summed E-state index contributed by atoms with van der Waals surface area (Å²) in [6, 6.07) is 9.52. The molecule has 0 aromatic heterocycles. The molecule has 5 nitrogen and oxygen atoms in total. The highest BCUT2D eigenvalue weighted by Crippen LogP contribution is 2.24. The summed E-state index contributed by atoms with van der Waals surface area (Å²) in [4.78, 5) is 17.2. The van der Waals surface area contributed by atoms with Crippen molar-refractivity contribution in [1.82, 2.24) is 9.80 Å². The van der Waals surface area contributed by atoms with Crippen molar-refractivity contribution in [3.63, 3.8) is 0 Å². The maximum atomic E-state index is 12.7. The third-order valence-corrected chi connectivity index (χ3v) is 4.71. The number of carbonyl (C=O) groups is 1. The van der Waals surface area contributed by atoms with Crippen LogP contribution in [-0.4, -0.2) is 68.3 Å². The van der Waals surface area contributed by atoms with Crippen LogP contribution >= 0.6 is 24.8 Å². The molecule has 0 saturated heterocycles. The maximum Gasteiger partial charge on any atom is 0.328 e. The summed E-state index contributed by atoms with van der Waals surface area (Å²) in [5.41, 5.74) is 0.982. The van der Waals surface area contributed by atoms with Gasteiger partial charge in [0.2, 0.25) is 0 Å². The second-order valence-electron chi connectivity index (χ2n) is 6.37. The van der Waals surface area contributed by atoms with E-state index < -0.39 is 0 Å². The molecule has 1 aliphatic heterocycles. The Morgan fingerprint density at radius 2 is 1.79 bits per heavy atom. The minimum atomic E-state index is -0.350. The van der Waals surface area contributed by atoms with Gasteiger partial charge in [-0.05, 0) is 25.1 Å². The summed E-state index contributed by atoms with van der Waals surface area (Å²) >= 11 is 0. The van der Waals surface area contributed by atoms with E-state index >= 15 is 0 Å². The lowest BCUT2D eigenvalue weighted by Crippen LogP contribution is -2.37. The molecule has 1 heterocycles. The number of carbonyl (C=O) groups excluding carboxylic acids is 1. The highest BCUT2D eigenvalue weighted by Gasteiger charge is 2.28. The second kappa shape index (κ2) is 15.8. The molecule has 1 atom stereocenters. The SMILES string of the molecule is CCN(CC)CCOCCOC(=O)C(c1ccccc1)N1CC=CCC1.Cl.Cl. The molecule has 0 saturated carbocycles. The van der Waals surface area contributed by atoms with Gasteiger partial charge in [0.25, 0.3) is 0 Å². The van der Waals surface area contributed by atoms with Crippen LogP contribution in [0.4, 0.5) is 0 Å². The van der Waals surface area contributed by atoms with Crippen LogP contribution in [0.1, 0.15) is 31.9 Å². The molecule has 7 heteroatoms. The quantitative estimate of drug-likeness (QED) is 0.302. The van der Waals surface area contributed by atoms with E-state index in [0.29, 0.717) is 19.8 Å². The molecule has 1 unspecified atom stereocenters. The van der Waals surface area contributed by atoms with Crippen LogP contribution in [0.2, 0.25) is 0 Å². The van der Waals surface area contributed by atoms with E-state index in [9.17, 15) is 4.79 Å². The van der Waals surface area contributed by atoms with Gasteiger partial charge in [-0.15, -0.1) is 24.8 Å². The van der Waals surface area contributed by atoms with Gasteiger partial charge >= 0.3 is 5.97 Å². The van der Waals surface area contributed by atoms with Crippen LogP contribution in [0.3, 0.4) is 0 Å². The molecule has 28 heavy (non-hydrogen) atoms. The molecule has 0 fully saturated rings. The minimum Gasteiger partial charge on any atom is -0.462 e. The topological polar surface area (TPSA) is 42.0 Å². The molecule has 0 bridgehead atoms. The molecule has 2 rings (SSSR count). The first kappa shape index (κ1) is 26.9. The number of halogens is 2. The normalized spacial score (nSPS) is 14.8. The molecule has 1 aliphatic rings. The number of rotatable bonds is 11. The molecular weight excluding hydrogens is 399 g/mol. The molecule has 1 aromatic carbocycles. The van der Waals surface area contributed by atoms with Crippen LogP contribution in [0.25, 0.3) is 0 Å².